The number of nitro benzene ring substituents is 1. The summed E-state index contributed by atoms with van der Waals surface area (Å²) in [6, 6.07) is 11.9. The van der Waals surface area contributed by atoms with Crippen LogP contribution in [0.3, 0.4) is 0 Å². The quantitative estimate of drug-likeness (QED) is 0.270. The van der Waals surface area contributed by atoms with Crippen molar-refractivity contribution in [2.45, 2.75) is 11.8 Å². The molecule has 0 atom stereocenters. The maximum absolute atomic E-state index is 12.7. The smallest absolute Gasteiger partial charge is 0.337 e. The van der Waals surface area contributed by atoms with Gasteiger partial charge in [-0.25, -0.2) is 13.2 Å². The third-order valence-electron chi connectivity index (χ3n) is 4.10. The first-order valence-corrected chi connectivity index (χ1v) is 10.1. The van der Waals surface area contributed by atoms with Crippen LogP contribution in [0.5, 0.6) is 0 Å². The number of hydrazone groups is 1. The molecular weight excluding hydrogens is 428 g/mol. The number of benzene rings is 2. The van der Waals surface area contributed by atoms with Crippen LogP contribution in [0, 0.1) is 10.1 Å². The van der Waals surface area contributed by atoms with Crippen LogP contribution < -0.4 is 10.1 Å². The molecule has 0 radical (unpaired) electrons. The average molecular weight is 444 g/mol. The predicted molar refractivity (Wildman–Crippen MR) is 112 cm³/mol. The van der Waals surface area contributed by atoms with Gasteiger partial charge < -0.3 is 9.52 Å². The minimum Gasteiger partial charge on any atom is -0.478 e. The fourth-order valence-corrected chi connectivity index (χ4v) is 3.67. The lowest BCUT2D eigenvalue weighted by molar-refractivity contribution is -0.384. The Bertz CT molecular complexity index is 1270. The average Bonchev–Trinajstić information content (AvgIpc) is 3.26. The molecule has 3 aromatic rings. The van der Waals surface area contributed by atoms with Crippen molar-refractivity contribution in [1.29, 1.82) is 0 Å². The van der Waals surface area contributed by atoms with Crippen LogP contribution in [-0.4, -0.2) is 30.1 Å². The Morgan fingerprint density at radius 1 is 1.13 bits per heavy atom. The second-order valence-corrected chi connectivity index (χ2v) is 7.86. The number of hydrogen-bond donors (Lipinski definition) is 3. The number of sulfonamides is 1. The van der Waals surface area contributed by atoms with Gasteiger partial charge in [0.1, 0.15) is 17.2 Å². The van der Waals surface area contributed by atoms with Gasteiger partial charge in [-0.2, -0.15) is 5.10 Å². The third-order valence-corrected chi connectivity index (χ3v) is 5.46. The van der Waals surface area contributed by atoms with Gasteiger partial charge in [-0.1, -0.05) is 12.1 Å². The van der Waals surface area contributed by atoms with Crippen molar-refractivity contribution >= 4 is 38.8 Å². The Labute approximate surface area is 176 Å². The monoisotopic (exact) mass is 444 g/mol. The first kappa shape index (κ1) is 21.5. The van der Waals surface area contributed by atoms with Gasteiger partial charge in [0.25, 0.3) is 15.7 Å². The molecule has 0 aliphatic carbocycles. The number of nitrogens with zero attached hydrogens (tertiary/aromatic N) is 2. The van der Waals surface area contributed by atoms with Crippen molar-refractivity contribution < 1.29 is 27.7 Å². The van der Waals surface area contributed by atoms with E-state index in [1.165, 1.54) is 36.6 Å². The zero-order chi connectivity index (χ0) is 22.6. The molecule has 0 aliphatic rings. The van der Waals surface area contributed by atoms with Crippen LogP contribution in [0.1, 0.15) is 23.0 Å². The molecule has 31 heavy (non-hydrogen) atoms. The molecule has 0 saturated carbocycles. The SMILES string of the molecule is C/C(=N/Nc1ccc(S(=O)(=O)Nc2ccccc2C(=O)O)cc1[N+](=O)[O-])c1ccco1. The Morgan fingerprint density at radius 2 is 1.87 bits per heavy atom. The normalized spacial score (nSPS) is 11.7. The number of carboxylic acid groups (broad SMARTS) is 1. The van der Waals surface area contributed by atoms with Crippen LogP contribution in [0.2, 0.25) is 0 Å². The van der Waals surface area contributed by atoms with Gasteiger partial charge in [0.05, 0.1) is 27.3 Å². The van der Waals surface area contributed by atoms with E-state index in [-0.39, 0.29) is 16.9 Å². The highest BCUT2D eigenvalue weighted by Gasteiger charge is 2.23. The van der Waals surface area contributed by atoms with Crippen molar-refractivity contribution in [3.8, 4) is 0 Å². The topological polar surface area (TPSA) is 164 Å². The number of nitrogens with one attached hydrogen (secondary N) is 2. The maximum atomic E-state index is 12.7. The minimum absolute atomic E-state index is 0.0409. The molecule has 3 N–H and O–H groups in total. The highest BCUT2D eigenvalue weighted by molar-refractivity contribution is 7.92. The number of carboxylic acids is 1. The van der Waals surface area contributed by atoms with Gasteiger partial charge in [-0.3, -0.25) is 20.3 Å². The lowest BCUT2D eigenvalue weighted by Gasteiger charge is -2.11. The van der Waals surface area contributed by atoms with Gasteiger partial charge in [0.2, 0.25) is 0 Å². The van der Waals surface area contributed by atoms with Crippen LogP contribution in [0.4, 0.5) is 17.1 Å². The fraction of sp³-hybridized carbons (Fsp3) is 0.0526. The maximum Gasteiger partial charge on any atom is 0.337 e. The summed E-state index contributed by atoms with van der Waals surface area (Å²) in [6.45, 7) is 1.63. The highest BCUT2D eigenvalue weighted by Crippen LogP contribution is 2.29. The van der Waals surface area contributed by atoms with E-state index in [0.717, 1.165) is 12.1 Å². The molecule has 0 unspecified atom stereocenters. The van der Waals surface area contributed by atoms with Crippen LogP contribution in [0.15, 0.2) is 75.3 Å². The van der Waals surface area contributed by atoms with Gasteiger partial charge in [-0.15, -0.1) is 0 Å². The zero-order valence-electron chi connectivity index (χ0n) is 16.0. The number of aromatic carboxylic acids is 1. The summed E-state index contributed by atoms with van der Waals surface area (Å²) in [4.78, 5) is 21.6. The number of nitro groups is 1. The second-order valence-electron chi connectivity index (χ2n) is 6.18. The molecule has 0 spiro atoms. The fourth-order valence-electron chi connectivity index (χ4n) is 2.57. The summed E-state index contributed by atoms with van der Waals surface area (Å²) in [5, 5.41) is 24.7. The molecule has 160 valence electrons. The molecule has 0 bridgehead atoms. The Kier molecular flexibility index (Phi) is 6.02. The largest absolute Gasteiger partial charge is 0.478 e. The Hall–Kier alpha value is -4.19. The van der Waals surface area contributed by atoms with E-state index in [2.05, 4.69) is 15.2 Å². The standard InChI is InChI=1S/C19H16N4O7S/c1-12(18-7-4-10-30-18)20-21-16-9-8-13(11-17(16)23(26)27)31(28,29)22-15-6-3-2-5-14(15)19(24)25/h2-11,21-22H,1H3,(H,24,25)/b20-12-. The number of hydrogen-bond acceptors (Lipinski definition) is 8. The van der Waals surface area contributed by atoms with E-state index in [1.807, 2.05) is 0 Å². The molecule has 12 heteroatoms. The number of para-hydroxylation sites is 1. The van der Waals surface area contributed by atoms with Gasteiger partial charge in [0, 0.05) is 6.07 Å². The Morgan fingerprint density at radius 3 is 2.52 bits per heavy atom. The van der Waals surface area contributed by atoms with E-state index in [1.54, 1.807) is 19.1 Å². The van der Waals surface area contributed by atoms with E-state index in [4.69, 9.17) is 4.42 Å². The molecule has 1 aromatic heterocycles. The summed E-state index contributed by atoms with van der Waals surface area (Å²) < 4.78 is 32.7. The molecule has 0 amide bonds. The molecule has 0 aliphatic heterocycles. The van der Waals surface area contributed by atoms with E-state index in [9.17, 15) is 28.4 Å². The van der Waals surface area contributed by atoms with Crippen molar-refractivity contribution in [2.24, 2.45) is 5.10 Å². The van der Waals surface area contributed by atoms with Crippen LogP contribution >= 0.6 is 0 Å². The van der Waals surface area contributed by atoms with Crippen molar-refractivity contribution in [1.82, 2.24) is 0 Å². The highest BCUT2D eigenvalue weighted by atomic mass is 32.2. The molecule has 0 fully saturated rings. The summed E-state index contributed by atoms with van der Waals surface area (Å²) >= 11 is 0. The lowest BCUT2D eigenvalue weighted by atomic mass is 10.2. The number of rotatable bonds is 8. The molecular formula is C19H16N4O7S. The number of anilines is 2. The van der Waals surface area contributed by atoms with E-state index >= 15 is 0 Å². The second kappa shape index (κ2) is 8.67. The summed E-state index contributed by atoms with van der Waals surface area (Å²) in [5.41, 5.74) is 1.94. The Balaban J connectivity index is 1.92. The zero-order valence-corrected chi connectivity index (χ0v) is 16.8. The molecule has 1 heterocycles. The first-order valence-electron chi connectivity index (χ1n) is 8.67. The number of carbonyl (C=O) groups is 1. The lowest BCUT2D eigenvalue weighted by Crippen LogP contribution is -2.16. The van der Waals surface area contributed by atoms with Gasteiger partial charge in [0.15, 0.2) is 0 Å². The van der Waals surface area contributed by atoms with Crippen molar-refractivity contribution in [2.75, 3.05) is 10.1 Å². The molecule has 11 nitrogen and oxygen atoms in total. The van der Waals surface area contributed by atoms with Gasteiger partial charge >= 0.3 is 5.97 Å². The summed E-state index contributed by atoms with van der Waals surface area (Å²) in [5.74, 6) is -0.871. The minimum atomic E-state index is -4.31. The molecule has 3 rings (SSSR count). The van der Waals surface area contributed by atoms with Crippen LogP contribution in [-0.2, 0) is 10.0 Å². The summed E-state index contributed by atoms with van der Waals surface area (Å²) in [6.07, 6.45) is 1.45. The third kappa shape index (κ3) is 4.87. The summed E-state index contributed by atoms with van der Waals surface area (Å²) in [7, 11) is -4.31. The van der Waals surface area contributed by atoms with Crippen LogP contribution in [0.25, 0.3) is 0 Å². The first-order chi connectivity index (χ1) is 14.7. The van der Waals surface area contributed by atoms with Gasteiger partial charge in [-0.05, 0) is 43.3 Å². The van der Waals surface area contributed by atoms with Crippen molar-refractivity contribution in [3.05, 3.63) is 82.3 Å². The van der Waals surface area contributed by atoms with E-state index in [0.29, 0.717) is 11.5 Å². The molecule has 2 aromatic carbocycles. The predicted octanol–water partition coefficient (Wildman–Crippen LogP) is 3.52. The van der Waals surface area contributed by atoms with Crippen molar-refractivity contribution in [3.63, 3.8) is 0 Å². The molecule has 0 saturated heterocycles. The van der Waals surface area contributed by atoms with E-state index < -0.39 is 31.5 Å². The number of furan rings is 1.